The van der Waals surface area contributed by atoms with Crippen LogP contribution in [0.25, 0.3) is 22.3 Å². The predicted molar refractivity (Wildman–Crippen MR) is 131 cm³/mol. The van der Waals surface area contributed by atoms with Gasteiger partial charge in [-0.25, -0.2) is 0 Å². The Balaban J connectivity index is 2.27. The van der Waals surface area contributed by atoms with Gasteiger partial charge in [-0.3, -0.25) is 4.79 Å². The van der Waals surface area contributed by atoms with Crippen LogP contribution in [0.15, 0.2) is 39.5 Å². The number of benzene rings is 2. The van der Waals surface area contributed by atoms with E-state index in [0.717, 1.165) is 6.07 Å². The molecule has 1 heterocycles. The maximum absolute atomic E-state index is 13.6. The van der Waals surface area contributed by atoms with E-state index in [1.807, 2.05) is 25.9 Å². The lowest BCUT2D eigenvalue weighted by molar-refractivity contribution is 0.0713. The standard InChI is InChI=1S/C26H33NO7/c1-15(27(4)5)14-33-25-22(30)21-20(29)13-19(28)18(11-12-26(2,3)31)24(21)34-23(25)16-7-9-17(32-6)10-8-16/h7-10,13,15,28-29,31H,11-12,14H2,1-6H3. The van der Waals surface area contributed by atoms with Gasteiger partial charge in [-0.1, -0.05) is 0 Å². The van der Waals surface area contributed by atoms with Gasteiger partial charge < -0.3 is 34.1 Å². The van der Waals surface area contributed by atoms with Crippen LogP contribution in [0, 0.1) is 0 Å². The Morgan fingerprint density at radius 2 is 1.76 bits per heavy atom. The number of nitrogens with zero attached hydrogens (tertiary/aromatic N) is 1. The SMILES string of the molecule is COc1ccc(-c2oc3c(CCC(C)(C)O)c(O)cc(O)c3c(=O)c2OCC(C)N(C)C)cc1. The van der Waals surface area contributed by atoms with Crippen molar-refractivity contribution in [1.29, 1.82) is 0 Å². The van der Waals surface area contributed by atoms with Crippen LogP contribution in [0.3, 0.4) is 0 Å². The quantitative estimate of drug-likeness (QED) is 0.431. The van der Waals surface area contributed by atoms with Gasteiger partial charge in [0.2, 0.25) is 11.2 Å². The molecule has 0 radical (unpaired) electrons. The number of phenols is 2. The summed E-state index contributed by atoms with van der Waals surface area (Å²) in [6.45, 7) is 5.49. The molecule has 0 saturated heterocycles. The third kappa shape index (κ3) is 5.46. The molecule has 8 nitrogen and oxygen atoms in total. The molecule has 0 amide bonds. The molecule has 1 aromatic heterocycles. The Bertz CT molecular complexity index is 1210. The third-order valence-electron chi connectivity index (χ3n) is 5.87. The molecular weight excluding hydrogens is 438 g/mol. The Morgan fingerprint density at radius 1 is 1.12 bits per heavy atom. The summed E-state index contributed by atoms with van der Waals surface area (Å²) in [4.78, 5) is 15.6. The number of phenolic OH excluding ortho intramolecular Hbond substituents is 2. The topological polar surface area (TPSA) is 113 Å². The zero-order chi connectivity index (χ0) is 25.2. The molecule has 3 rings (SSSR count). The number of aryl methyl sites for hydroxylation is 1. The van der Waals surface area contributed by atoms with Crippen LogP contribution in [0.2, 0.25) is 0 Å². The summed E-state index contributed by atoms with van der Waals surface area (Å²) in [6, 6.07) is 8.09. The number of likely N-dealkylation sites (N-methyl/N-ethyl adjacent to an activating group) is 1. The second kappa shape index (κ2) is 9.95. The smallest absolute Gasteiger partial charge is 0.239 e. The van der Waals surface area contributed by atoms with E-state index in [2.05, 4.69) is 0 Å². The number of rotatable bonds is 9. The number of fused-ring (bicyclic) bond motifs is 1. The van der Waals surface area contributed by atoms with E-state index in [1.165, 1.54) is 0 Å². The van der Waals surface area contributed by atoms with E-state index in [4.69, 9.17) is 13.9 Å². The van der Waals surface area contributed by atoms with Crippen LogP contribution >= 0.6 is 0 Å². The molecule has 0 bridgehead atoms. The molecule has 0 aliphatic heterocycles. The van der Waals surface area contributed by atoms with Crippen molar-refractivity contribution in [1.82, 2.24) is 4.90 Å². The predicted octanol–water partition coefficient (Wildman–Crippen LogP) is 3.91. The van der Waals surface area contributed by atoms with Crippen molar-refractivity contribution in [2.24, 2.45) is 0 Å². The maximum Gasteiger partial charge on any atom is 0.239 e. The molecule has 3 aromatic rings. The lowest BCUT2D eigenvalue weighted by atomic mass is 9.96. The second-order valence-corrected chi connectivity index (χ2v) is 9.35. The maximum atomic E-state index is 13.6. The summed E-state index contributed by atoms with van der Waals surface area (Å²) in [6.07, 6.45) is 0.537. The van der Waals surface area contributed by atoms with Gasteiger partial charge in [0.25, 0.3) is 0 Å². The molecule has 34 heavy (non-hydrogen) atoms. The van der Waals surface area contributed by atoms with Crippen molar-refractivity contribution in [3.8, 4) is 34.3 Å². The van der Waals surface area contributed by atoms with Crippen molar-refractivity contribution < 1.29 is 29.2 Å². The van der Waals surface area contributed by atoms with Crippen LogP contribution in [0.4, 0.5) is 0 Å². The fourth-order valence-electron chi connectivity index (χ4n) is 3.46. The van der Waals surface area contributed by atoms with E-state index in [-0.39, 0.29) is 47.3 Å². The average molecular weight is 472 g/mol. The highest BCUT2D eigenvalue weighted by molar-refractivity contribution is 5.91. The lowest BCUT2D eigenvalue weighted by Crippen LogP contribution is -2.31. The molecule has 0 saturated carbocycles. The van der Waals surface area contributed by atoms with Gasteiger partial charge in [-0.2, -0.15) is 0 Å². The van der Waals surface area contributed by atoms with Crippen molar-refractivity contribution in [2.75, 3.05) is 27.8 Å². The fourth-order valence-corrected chi connectivity index (χ4v) is 3.46. The summed E-state index contributed by atoms with van der Waals surface area (Å²) < 4.78 is 17.4. The van der Waals surface area contributed by atoms with E-state index in [1.54, 1.807) is 45.2 Å². The first-order valence-corrected chi connectivity index (χ1v) is 11.1. The number of aromatic hydroxyl groups is 2. The first-order valence-electron chi connectivity index (χ1n) is 11.1. The largest absolute Gasteiger partial charge is 0.507 e. The van der Waals surface area contributed by atoms with Gasteiger partial charge in [0.1, 0.15) is 34.8 Å². The van der Waals surface area contributed by atoms with Crippen LogP contribution in [0.1, 0.15) is 32.8 Å². The first kappa shape index (κ1) is 25.4. The van der Waals surface area contributed by atoms with E-state index in [0.29, 0.717) is 23.3 Å². The van der Waals surface area contributed by atoms with E-state index < -0.39 is 16.8 Å². The van der Waals surface area contributed by atoms with Crippen LogP contribution in [-0.4, -0.2) is 59.7 Å². The van der Waals surface area contributed by atoms with Gasteiger partial charge in [0.15, 0.2) is 5.76 Å². The molecule has 0 aliphatic carbocycles. The second-order valence-electron chi connectivity index (χ2n) is 9.35. The fraction of sp³-hybridized carbons (Fsp3) is 0.423. The molecule has 2 aromatic carbocycles. The molecule has 1 atom stereocenters. The van der Waals surface area contributed by atoms with E-state index >= 15 is 0 Å². The summed E-state index contributed by atoms with van der Waals surface area (Å²) in [7, 11) is 5.37. The van der Waals surface area contributed by atoms with Crippen LogP contribution < -0.4 is 14.9 Å². The minimum Gasteiger partial charge on any atom is -0.507 e. The molecule has 0 fully saturated rings. The molecule has 8 heteroatoms. The van der Waals surface area contributed by atoms with Crippen molar-refractivity contribution in [3.63, 3.8) is 0 Å². The van der Waals surface area contributed by atoms with Crippen molar-refractivity contribution in [3.05, 3.63) is 46.1 Å². The first-order chi connectivity index (χ1) is 15.9. The molecule has 3 N–H and O–H groups in total. The highest BCUT2D eigenvalue weighted by Gasteiger charge is 2.25. The van der Waals surface area contributed by atoms with Crippen molar-refractivity contribution in [2.45, 2.75) is 45.3 Å². The van der Waals surface area contributed by atoms with Gasteiger partial charge >= 0.3 is 0 Å². The Labute approximate surface area is 199 Å². The summed E-state index contributed by atoms with van der Waals surface area (Å²) in [5.41, 5.74) is -0.578. The summed E-state index contributed by atoms with van der Waals surface area (Å²) >= 11 is 0. The molecule has 1 unspecified atom stereocenters. The summed E-state index contributed by atoms with van der Waals surface area (Å²) in [5.74, 6) is 0.172. The Kier molecular flexibility index (Phi) is 7.43. The van der Waals surface area contributed by atoms with Crippen LogP contribution in [-0.2, 0) is 6.42 Å². The molecular formula is C26H33NO7. The average Bonchev–Trinajstić information content (AvgIpc) is 2.76. The van der Waals surface area contributed by atoms with Gasteiger partial charge in [-0.15, -0.1) is 0 Å². The molecule has 0 spiro atoms. The van der Waals surface area contributed by atoms with Gasteiger partial charge in [0.05, 0.1) is 12.7 Å². The van der Waals surface area contributed by atoms with Gasteiger partial charge in [-0.05, 0) is 72.0 Å². The normalized spacial score (nSPS) is 12.8. The Hall–Kier alpha value is -3.23. The zero-order valence-corrected chi connectivity index (χ0v) is 20.5. The monoisotopic (exact) mass is 471 g/mol. The number of hydrogen-bond acceptors (Lipinski definition) is 8. The highest BCUT2D eigenvalue weighted by atomic mass is 16.5. The number of hydrogen-bond donors (Lipinski definition) is 3. The number of aliphatic hydroxyl groups is 1. The van der Waals surface area contributed by atoms with Gasteiger partial charge in [0, 0.05) is 23.2 Å². The Morgan fingerprint density at radius 3 is 2.32 bits per heavy atom. The minimum absolute atomic E-state index is 0.00887. The van der Waals surface area contributed by atoms with E-state index in [9.17, 15) is 20.1 Å². The highest BCUT2D eigenvalue weighted by Crippen LogP contribution is 2.40. The number of methoxy groups -OCH3 is 1. The minimum atomic E-state index is -0.999. The molecule has 0 aliphatic rings. The number of ether oxygens (including phenoxy) is 2. The molecule has 184 valence electrons. The third-order valence-corrected chi connectivity index (χ3v) is 5.87. The summed E-state index contributed by atoms with van der Waals surface area (Å²) in [5, 5.41) is 31.2. The van der Waals surface area contributed by atoms with Crippen LogP contribution in [0.5, 0.6) is 23.0 Å². The lowest BCUT2D eigenvalue weighted by Gasteiger charge is -2.21. The zero-order valence-electron chi connectivity index (χ0n) is 20.5. The van der Waals surface area contributed by atoms with Crippen molar-refractivity contribution >= 4 is 11.0 Å².